The molecule has 0 unspecified atom stereocenters. The monoisotopic (exact) mass is 466 g/mol. The summed E-state index contributed by atoms with van der Waals surface area (Å²) in [6.45, 7) is 0.118. The van der Waals surface area contributed by atoms with E-state index in [-0.39, 0.29) is 12.4 Å². The minimum atomic E-state index is -4.76. The molecular formula is C24H17F3N4O3. The average Bonchev–Trinajstić information content (AvgIpc) is 3.23. The van der Waals surface area contributed by atoms with Crippen LogP contribution in [0.1, 0.15) is 5.82 Å². The van der Waals surface area contributed by atoms with Crippen molar-refractivity contribution < 1.29 is 27.4 Å². The van der Waals surface area contributed by atoms with Crippen LogP contribution < -0.4 is 14.2 Å². The third-order valence-corrected chi connectivity index (χ3v) is 5.14. The van der Waals surface area contributed by atoms with Crippen molar-refractivity contribution in [1.82, 2.24) is 19.6 Å². The molecule has 0 radical (unpaired) electrons. The van der Waals surface area contributed by atoms with Crippen molar-refractivity contribution >= 4 is 16.6 Å². The van der Waals surface area contributed by atoms with Crippen LogP contribution in [0.4, 0.5) is 13.2 Å². The third kappa shape index (κ3) is 4.42. The normalized spacial score (nSPS) is 11.6. The van der Waals surface area contributed by atoms with Gasteiger partial charge in [-0.1, -0.05) is 12.1 Å². The zero-order valence-electron chi connectivity index (χ0n) is 17.8. The number of hydrogen-bond acceptors (Lipinski definition) is 6. The van der Waals surface area contributed by atoms with Crippen molar-refractivity contribution in [3.63, 3.8) is 0 Å². The van der Waals surface area contributed by atoms with Crippen LogP contribution in [0.25, 0.3) is 27.7 Å². The fourth-order valence-corrected chi connectivity index (χ4v) is 3.58. The fourth-order valence-electron chi connectivity index (χ4n) is 3.58. The van der Waals surface area contributed by atoms with Gasteiger partial charge in [0.15, 0.2) is 11.5 Å². The molecule has 0 atom stereocenters. The van der Waals surface area contributed by atoms with Crippen molar-refractivity contribution in [1.29, 1.82) is 0 Å². The van der Waals surface area contributed by atoms with Gasteiger partial charge in [-0.25, -0.2) is 0 Å². The molecular weight excluding hydrogens is 449 g/mol. The summed E-state index contributed by atoms with van der Waals surface area (Å²) in [5.74, 6) is 1.55. The van der Waals surface area contributed by atoms with Crippen molar-refractivity contribution in [3.05, 3.63) is 78.9 Å². The first-order valence-electron chi connectivity index (χ1n) is 10.1. The van der Waals surface area contributed by atoms with Crippen LogP contribution in [0, 0.1) is 0 Å². The maximum absolute atomic E-state index is 12.6. The molecule has 3 heterocycles. The highest BCUT2D eigenvalue weighted by atomic mass is 19.4. The highest BCUT2D eigenvalue weighted by Gasteiger charge is 2.31. The summed E-state index contributed by atoms with van der Waals surface area (Å²) in [4.78, 5) is 4.35. The summed E-state index contributed by atoms with van der Waals surface area (Å²) in [6.07, 6.45) is -1.37. The molecule has 10 heteroatoms. The van der Waals surface area contributed by atoms with E-state index in [4.69, 9.17) is 9.47 Å². The van der Waals surface area contributed by atoms with E-state index in [0.29, 0.717) is 34.1 Å². The Morgan fingerprint density at radius 3 is 2.62 bits per heavy atom. The Morgan fingerprint density at radius 2 is 1.79 bits per heavy atom. The van der Waals surface area contributed by atoms with E-state index in [1.54, 1.807) is 48.2 Å². The summed E-state index contributed by atoms with van der Waals surface area (Å²) in [5.41, 5.74) is 2.53. The molecule has 0 aliphatic heterocycles. The molecule has 0 bridgehead atoms. The van der Waals surface area contributed by atoms with E-state index >= 15 is 0 Å². The molecule has 0 aliphatic rings. The maximum Gasteiger partial charge on any atom is 0.573 e. The fraction of sp³-hybridized carbons (Fsp3) is 0.125. The van der Waals surface area contributed by atoms with Crippen molar-refractivity contribution in [3.8, 4) is 28.4 Å². The second-order valence-electron chi connectivity index (χ2n) is 7.32. The number of nitrogens with zero attached hydrogens (tertiary/aromatic N) is 4. The van der Waals surface area contributed by atoms with Crippen LogP contribution in [0.5, 0.6) is 17.2 Å². The first-order chi connectivity index (χ1) is 16.4. The lowest BCUT2D eigenvalue weighted by atomic mass is 10.1. The van der Waals surface area contributed by atoms with Gasteiger partial charge in [0.2, 0.25) is 0 Å². The molecule has 0 N–H and O–H groups in total. The van der Waals surface area contributed by atoms with Gasteiger partial charge in [0.25, 0.3) is 0 Å². The topological polar surface area (TPSA) is 70.8 Å². The molecule has 0 fully saturated rings. The van der Waals surface area contributed by atoms with Gasteiger partial charge in [0.1, 0.15) is 23.9 Å². The van der Waals surface area contributed by atoms with Crippen LogP contribution in [0.15, 0.2) is 73.1 Å². The Labute approximate surface area is 191 Å². The van der Waals surface area contributed by atoms with Gasteiger partial charge in [0.05, 0.1) is 12.6 Å². The summed E-state index contributed by atoms with van der Waals surface area (Å²) < 4.78 is 54.8. The Balaban J connectivity index is 1.42. The van der Waals surface area contributed by atoms with Gasteiger partial charge in [-0.05, 0) is 53.6 Å². The number of methoxy groups -OCH3 is 1. The largest absolute Gasteiger partial charge is 0.573 e. The molecule has 0 saturated heterocycles. The Kier molecular flexibility index (Phi) is 5.40. The van der Waals surface area contributed by atoms with Crippen LogP contribution in [0.3, 0.4) is 0 Å². The average molecular weight is 466 g/mol. The smallest absolute Gasteiger partial charge is 0.497 e. The lowest BCUT2D eigenvalue weighted by Gasteiger charge is -2.11. The standard InChI is InChI=1S/C24H17F3N4O3/c1-32-17-6-7-19-20(12-17)28-10-9-21(19)33-14-23-30-29-22-8-5-16(13-31(22)23)15-3-2-4-18(11-15)34-24(25,26)27/h2-13H,14H2,1H3. The van der Waals surface area contributed by atoms with Crippen molar-refractivity contribution in [2.45, 2.75) is 13.0 Å². The lowest BCUT2D eigenvalue weighted by Crippen LogP contribution is -2.17. The Bertz CT molecular complexity index is 1480. The van der Waals surface area contributed by atoms with Crippen molar-refractivity contribution in [2.75, 3.05) is 7.11 Å². The molecule has 2 aromatic carbocycles. The summed E-state index contributed by atoms with van der Waals surface area (Å²) in [7, 11) is 1.59. The van der Waals surface area contributed by atoms with Crippen LogP contribution in [-0.2, 0) is 6.61 Å². The molecule has 5 aromatic rings. The van der Waals surface area contributed by atoms with Gasteiger partial charge >= 0.3 is 6.36 Å². The summed E-state index contributed by atoms with van der Waals surface area (Å²) in [6, 6.07) is 16.5. The number of hydrogen-bond donors (Lipinski definition) is 0. The number of alkyl halides is 3. The number of fused-ring (bicyclic) bond motifs is 2. The van der Waals surface area contributed by atoms with Gasteiger partial charge in [-0.3, -0.25) is 9.38 Å². The predicted octanol–water partition coefficient (Wildman–Crippen LogP) is 5.43. The highest BCUT2D eigenvalue weighted by Crippen LogP contribution is 2.29. The number of aromatic nitrogens is 4. The molecule has 7 nitrogen and oxygen atoms in total. The van der Waals surface area contributed by atoms with Crippen LogP contribution in [0.2, 0.25) is 0 Å². The van der Waals surface area contributed by atoms with E-state index in [0.717, 1.165) is 10.9 Å². The SMILES string of the molecule is COc1ccc2c(OCc3nnc4ccc(-c5cccc(OC(F)(F)F)c5)cn34)ccnc2c1. The Morgan fingerprint density at radius 1 is 0.912 bits per heavy atom. The maximum atomic E-state index is 12.6. The molecule has 0 spiro atoms. The van der Waals surface area contributed by atoms with Crippen molar-refractivity contribution in [2.24, 2.45) is 0 Å². The van der Waals surface area contributed by atoms with Gasteiger partial charge in [-0.15, -0.1) is 23.4 Å². The van der Waals surface area contributed by atoms with E-state index < -0.39 is 6.36 Å². The van der Waals surface area contributed by atoms with E-state index in [9.17, 15) is 13.2 Å². The first-order valence-corrected chi connectivity index (χ1v) is 10.1. The molecule has 0 aliphatic carbocycles. The molecule has 34 heavy (non-hydrogen) atoms. The number of rotatable bonds is 6. The summed E-state index contributed by atoms with van der Waals surface area (Å²) >= 11 is 0. The Hall–Kier alpha value is -4.34. The number of ether oxygens (including phenoxy) is 3. The summed E-state index contributed by atoms with van der Waals surface area (Å²) in [5, 5.41) is 9.16. The highest BCUT2D eigenvalue weighted by molar-refractivity contribution is 5.85. The number of pyridine rings is 2. The van der Waals surface area contributed by atoms with E-state index in [2.05, 4.69) is 19.9 Å². The zero-order chi connectivity index (χ0) is 23.7. The van der Waals surface area contributed by atoms with Crippen LogP contribution in [-0.4, -0.2) is 33.1 Å². The predicted molar refractivity (Wildman–Crippen MR) is 118 cm³/mol. The first kappa shape index (κ1) is 21.5. The molecule has 172 valence electrons. The quantitative estimate of drug-likeness (QED) is 0.332. The van der Waals surface area contributed by atoms with Gasteiger partial charge in [-0.2, -0.15) is 0 Å². The van der Waals surface area contributed by atoms with Gasteiger partial charge in [0, 0.05) is 23.8 Å². The second-order valence-corrected chi connectivity index (χ2v) is 7.32. The molecule has 3 aromatic heterocycles. The number of benzene rings is 2. The minimum absolute atomic E-state index is 0.118. The second kappa shape index (κ2) is 8.54. The van der Waals surface area contributed by atoms with Crippen LogP contribution >= 0.6 is 0 Å². The van der Waals surface area contributed by atoms with E-state index in [1.165, 1.54) is 18.2 Å². The van der Waals surface area contributed by atoms with Gasteiger partial charge < -0.3 is 14.2 Å². The third-order valence-electron chi connectivity index (χ3n) is 5.14. The van der Waals surface area contributed by atoms with E-state index in [1.807, 2.05) is 18.2 Å². The molecule has 0 amide bonds. The minimum Gasteiger partial charge on any atom is -0.497 e. The lowest BCUT2D eigenvalue weighted by molar-refractivity contribution is -0.274. The number of halogens is 3. The molecule has 0 saturated carbocycles. The molecule has 5 rings (SSSR count). The zero-order valence-corrected chi connectivity index (χ0v) is 17.8.